The van der Waals surface area contributed by atoms with Crippen molar-refractivity contribution in [2.75, 3.05) is 30.9 Å². The molecule has 5 nitrogen and oxygen atoms in total. The van der Waals surface area contributed by atoms with Crippen molar-refractivity contribution in [1.82, 2.24) is 4.98 Å². The van der Waals surface area contributed by atoms with Gasteiger partial charge in [0.15, 0.2) is 0 Å². The molecule has 3 aromatic rings. The third-order valence-corrected chi connectivity index (χ3v) is 6.50. The highest BCUT2D eigenvalue weighted by molar-refractivity contribution is 7.14. The summed E-state index contributed by atoms with van der Waals surface area (Å²) >= 11 is 1.75. The van der Waals surface area contributed by atoms with Gasteiger partial charge in [-0.1, -0.05) is 6.07 Å². The summed E-state index contributed by atoms with van der Waals surface area (Å²) in [5.74, 6) is 0.0609. The zero-order valence-corrected chi connectivity index (χ0v) is 17.5. The smallest absolute Gasteiger partial charge is 0.340 e. The molecule has 0 saturated carbocycles. The van der Waals surface area contributed by atoms with Crippen LogP contribution in [-0.4, -0.2) is 31.7 Å². The Hall–Kier alpha value is -2.86. The molecule has 1 N–H and O–H groups in total. The van der Waals surface area contributed by atoms with E-state index >= 15 is 0 Å². The molecule has 2 heterocycles. The first-order chi connectivity index (χ1) is 14.2. The Labute approximate surface area is 175 Å². The van der Waals surface area contributed by atoms with Gasteiger partial charge in [-0.05, 0) is 66.1 Å². The number of nitrogens with one attached hydrogen (secondary N) is 1. The first-order valence-corrected chi connectivity index (χ1v) is 10.7. The van der Waals surface area contributed by atoms with Crippen LogP contribution >= 0.6 is 11.3 Å². The SMILES string of the molecule is COC(=O)c1ccncc1NC[C@@H]1CCCc2cc(N(C)c3cccs3)ccc21. The second kappa shape index (κ2) is 8.66. The third-order valence-electron chi connectivity index (χ3n) is 5.55. The number of benzene rings is 1. The van der Waals surface area contributed by atoms with Crippen molar-refractivity contribution in [2.45, 2.75) is 25.2 Å². The highest BCUT2D eigenvalue weighted by atomic mass is 32.1. The fourth-order valence-electron chi connectivity index (χ4n) is 3.97. The Bertz CT molecular complexity index is 988. The van der Waals surface area contributed by atoms with E-state index in [1.807, 2.05) is 0 Å². The Morgan fingerprint density at radius 2 is 2.24 bits per heavy atom. The predicted molar refractivity (Wildman–Crippen MR) is 119 cm³/mol. The van der Waals surface area contributed by atoms with Gasteiger partial charge in [-0.25, -0.2) is 4.79 Å². The van der Waals surface area contributed by atoms with Gasteiger partial charge in [0, 0.05) is 31.4 Å². The summed E-state index contributed by atoms with van der Waals surface area (Å²) in [5, 5.41) is 6.77. The van der Waals surface area contributed by atoms with Gasteiger partial charge in [0.1, 0.15) is 0 Å². The molecule has 150 valence electrons. The van der Waals surface area contributed by atoms with Crippen LogP contribution in [0.5, 0.6) is 0 Å². The van der Waals surface area contributed by atoms with Crippen LogP contribution in [0.1, 0.15) is 40.2 Å². The highest BCUT2D eigenvalue weighted by Crippen LogP contribution is 2.36. The van der Waals surface area contributed by atoms with Crippen LogP contribution in [0.3, 0.4) is 0 Å². The van der Waals surface area contributed by atoms with E-state index in [4.69, 9.17) is 4.74 Å². The molecule has 0 amide bonds. The number of hydrogen-bond donors (Lipinski definition) is 1. The van der Waals surface area contributed by atoms with E-state index in [2.05, 4.69) is 58.0 Å². The Morgan fingerprint density at radius 1 is 1.34 bits per heavy atom. The first-order valence-electron chi connectivity index (χ1n) is 9.83. The van der Waals surface area contributed by atoms with Crippen molar-refractivity contribution >= 4 is 33.7 Å². The van der Waals surface area contributed by atoms with E-state index in [9.17, 15) is 4.79 Å². The van der Waals surface area contributed by atoms with Gasteiger partial charge in [-0.2, -0.15) is 0 Å². The molecule has 1 aliphatic rings. The summed E-state index contributed by atoms with van der Waals surface area (Å²) in [6.45, 7) is 0.767. The van der Waals surface area contributed by atoms with Crippen molar-refractivity contribution in [3.8, 4) is 0 Å². The minimum atomic E-state index is -0.347. The minimum absolute atomic E-state index is 0.347. The Kier molecular flexibility index (Phi) is 5.81. The van der Waals surface area contributed by atoms with Gasteiger partial charge in [-0.3, -0.25) is 4.98 Å². The third kappa shape index (κ3) is 4.12. The van der Waals surface area contributed by atoms with Crippen LogP contribution < -0.4 is 10.2 Å². The molecule has 0 fully saturated rings. The molecule has 6 heteroatoms. The molecule has 1 aromatic carbocycles. The standard InChI is InChI=1S/C23H25N3O2S/c1-26(22-7-4-12-29-22)18-8-9-19-16(13-18)5-3-6-17(19)14-25-21-15-24-11-10-20(21)23(27)28-2/h4,7-13,15,17,25H,3,5-6,14H2,1-2H3/t17-/m0/s1. The monoisotopic (exact) mass is 407 g/mol. The van der Waals surface area contributed by atoms with Crippen LogP contribution in [0.4, 0.5) is 16.4 Å². The molecule has 4 rings (SSSR count). The highest BCUT2D eigenvalue weighted by Gasteiger charge is 2.22. The maximum atomic E-state index is 12.0. The Morgan fingerprint density at radius 3 is 3.03 bits per heavy atom. The molecular formula is C23H25N3O2S. The van der Waals surface area contributed by atoms with Gasteiger partial charge >= 0.3 is 5.97 Å². The Balaban J connectivity index is 1.51. The number of methoxy groups -OCH3 is 1. The van der Waals surface area contributed by atoms with Crippen LogP contribution in [0.25, 0.3) is 0 Å². The molecule has 1 aliphatic carbocycles. The number of rotatable bonds is 6. The van der Waals surface area contributed by atoms with Gasteiger partial charge < -0.3 is 15.0 Å². The lowest BCUT2D eigenvalue weighted by Gasteiger charge is -2.28. The average Bonchev–Trinajstić information content (AvgIpc) is 3.31. The quantitative estimate of drug-likeness (QED) is 0.567. The fraction of sp³-hybridized carbons (Fsp3) is 0.304. The molecule has 0 radical (unpaired) electrons. The lowest BCUT2D eigenvalue weighted by molar-refractivity contribution is 0.0601. The molecule has 0 unspecified atom stereocenters. The number of hydrogen-bond acceptors (Lipinski definition) is 6. The first kappa shape index (κ1) is 19.5. The van der Waals surface area contributed by atoms with Crippen molar-refractivity contribution in [1.29, 1.82) is 0 Å². The predicted octanol–water partition coefficient (Wildman–Crippen LogP) is 5.23. The summed E-state index contributed by atoms with van der Waals surface area (Å²) in [6.07, 6.45) is 6.71. The van der Waals surface area contributed by atoms with E-state index in [1.165, 1.54) is 35.3 Å². The number of esters is 1. The zero-order valence-electron chi connectivity index (χ0n) is 16.7. The number of fused-ring (bicyclic) bond motifs is 1. The molecule has 29 heavy (non-hydrogen) atoms. The van der Waals surface area contributed by atoms with Crippen molar-refractivity contribution < 1.29 is 9.53 Å². The van der Waals surface area contributed by atoms with Crippen molar-refractivity contribution in [3.63, 3.8) is 0 Å². The van der Waals surface area contributed by atoms with Crippen LogP contribution in [-0.2, 0) is 11.2 Å². The second-order valence-electron chi connectivity index (χ2n) is 7.28. The lowest BCUT2D eigenvalue weighted by Crippen LogP contribution is -2.20. The van der Waals surface area contributed by atoms with Gasteiger partial charge in [-0.15, -0.1) is 11.3 Å². The molecular weight excluding hydrogens is 382 g/mol. The largest absolute Gasteiger partial charge is 0.465 e. The maximum absolute atomic E-state index is 12.0. The number of carbonyl (C=O) groups is 1. The van der Waals surface area contributed by atoms with Crippen molar-refractivity contribution in [2.24, 2.45) is 0 Å². The fourth-order valence-corrected chi connectivity index (χ4v) is 4.68. The van der Waals surface area contributed by atoms with Gasteiger partial charge in [0.2, 0.25) is 0 Å². The minimum Gasteiger partial charge on any atom is -0.465 e. The van der Waals surface area contributed by atoms with Crippen LogP contribution in [0.2, 0.25) is 0 Å². The van der Waals surface area contributed by atoms with E-state index in [-0.39, 0.29) is 5.97 Å². The summed E-state index contributed by atoms with van der Waals surface area (Å²) in [4.78, 5) is 18.4. The molecule has 0 bridgehead atoms. The summed E-state index contributed by atoms with van der Waals surface area (Å²) in [6, 6.07) is 12.7. The molecule has 0 aliphatic heterocycles. The summed E-state index contributed by atoms with van der Waals surface area (Å²) < 4.78 is 4.88. The number of aromatic nitrogens is 1. The average molecular weight is 408 g/mol. The van der Waals surface area contributed by atoms with E-state index in [0.717, 1.165) is 25.1 Å². The zero-order chi connectivity index (χ0) is 20.2. The maximum Gasteiger partial charge on any atom is 0.340 e. The molecule has 2 aromatic heterocycles. The number of nitrogens with zero attached hydrogens (tertiary/aromatic N) is 2. The molecule has 0 saturated heterocycles. The van der Waals surface area contributed by atoms with E-state index < -0.39 is 0 Å². The summed E-state index contributed by atoms with van der Waals surface area (Å²) in [5.41, 5.74) is 5.28. The lowest BCUT2D eigenvalue weighted by atomic mass is 9.82. The number of ether oxygens (including phenoxy) is 1. The topological polar surface area (TPSA) is 54.5 Å². The van der Waals surface area contributed by atoms with Crippen molar-refractivity contribution in [3.05, 3.63) is 70.9 Å². The number of pyridine rings is 1. The normalized spacial score (nSPS) is 15.4. The molecule has 0 spiro atoms. The number of thiophene rings is 1. The summed E-state index contributed by atoms with van der Waals surface area (Å²) in [7, 11) is 3.51. The van der Waals surface area contributed by atoms with Crippen LogP contribution in [0.15, 0.2) is 54.2 Å². The van der Waals surface area contributed by atoms with E-state index in [0.29, 0.717) is 11.5 Å². The molecule has 1 atom stereocenters. The van der Waals surface area contributed by atoms with Gasteiger partial charge in [0.25, 0.3) is 0 Å². The number of aryl methyl sites for hydroxylation is 1. The second-order valence-corrected chi connectivity index (χ2v) is 8.20. The van der Waals surface area contributed by atoms with E-state index in [1.54, 1.807) is 29.8 Å². The number of anilines is 3. The number of carbonyl (C=O) groups excluding carboxylic acids is 1. The van der Waals surface area contributed by atoms with Gasteiger partial charge in [0.05, 0.1) is 29.6 Å². The van der Waals surface area contributed by atoms with Crippen LogP contribution in [0, 0.1) is 0 Å².